The zero-order valence-corrected chi connectivity index (χ0v) is 29.1. The normalized spacial score (nSPS) is 11.2. The number of nitrogens with one attached hydrogen (secondary N) is 2. The summed E-state index contributed by atoms with van der Waals surface area (Å²) in [5, 5.41) is 15.1. The maximum Gasteiger partial charge on any atom is 0.343 e. The lowest BCUT2D eigenvalue weighted by Crippen LogP contribution is -2.42. The van der Waals surface area contributed by atoms with E-state index in [4.69, 9.17) is 18.9 Å². The monoisotopic (exact) mass is 696 g/mol. The van der Waals surface area contributed by atoms with Crippen molar-refractivity contribution < 1.29 is 43.2 Å². The summed E-state index contributed by atoms with van der Waals surface area (Å²) < 4.78 is 21.9. The molecule has 4 aromatic carbocycles. The predicted octanol–water partition coefficient (Wildman–Crippen LogP) is 6.88. The topological polar surface area (TPSA) is 149 Å². The summed E-state index contributed by atoms with van der Waals surface area (Å²) in [4.78, 5) is 50.3. The van der Waals surface area contributed by atoms with E-state index in [1.807, 2.05) is 0 Å². The molecule has 3 N–H and O–H groups in total. The first-order valence-electron chi connectivity index (χ1n) is 16.9. The molecular formula is C40H44N2O9. The molecule has 0 aromatic heterocycles. The molecule has 4 rings (SSSR count). The second-order valence-corrected chi connectivity index (χ2v) is 11.8. The Balaban J connectivity index is 1.26. The third-order valence-electron chi connectivity index (χ3n) is 8.05. The van der Waals surface area contributed by atoms with Crippen LogP contribution in [-0.4, -0.2) is 55.7 Å². The first-order chi connectivity index (χ1) is 24.7. The Bertz CT molecular complexity index is 1750. The van der Waals surface area contributed by atoms with E-state index < -0.39 is 23.9 Å². The van der Waals surface area contributed by atoms with Gasteiger partial charge in [0.1, 0.15) is 17.5 Å². The quantitative estimate of drug-likeness (QED) is 0.0542. The van der Waals surface area contributed by atoms with Crippen LogP contribution < -0.4 is 29.6 Å². The van der Waals surface area contributed by atoms with Crippen molar-refractivity contribution in [3.63, 3.8) is 0 Å². The van der Waals surface area contributed by atoms with Gasteiger partial charge in [-0.2, -0.15) is 0 Å². The number of carbonyl (C=O) groups is 4. The zero-order valence-electron chi connectivity index (χ0n) is 29.1. The van der Waals surface area contributed by atoms with Crippen molar-refractivity contribution in [3.8, 4) is 23.0 Å². The molecule has 0 heterocycles. The Labute approximate surface area is 297 Å². The molecular weight excluding hydrogens is 652 g/mol. The van der Waals surface area contributed by atoms with Crippen LogP contribution in [0, 0.1) is 0 Å². The second-order valence-electron chi connectivity index (χ2n) is 11.8. The number of unbranched alkanes of at least 4 members (excludes halogenated alkanes) is 4. The molecule has 4 aromatic rings. The summed E-state index contributed by atoms with van der Waals surface area (Å²) in [6, 6.07) is 23.4. The molecule has 1 atom stereocenters. The number of hydrogen-bond acceptors (Lipinski definition) is 8. The van der Waals surface area contributed by atoms with E-state index in [0.717, 1.165) is 12.8 Å². The van der Waals surface area contributed by atoms with Crippen molar-refractivity contribution in [1.82, 2.24) is 5.32 Å². The molecule has 0 aliphatic rings. The van der Waals surface area contributed by atoms with Gasteiger partial charge < -0.3 is 34.7 Å². The van der Waals surface area contributed by atoms with Crippen LogP contribution in [0.4, 0.5) is 5.69 Å². The molecule has 0 aliphatic carbocycles. The molecule has 268 valence electrons. The molecule has 0 saturated heterocycles. The molecule has 0 fully saturated rings. The minimum atomic E-state index is -1.22. The van der Waals surface area contributed by atoms with Crippen LogP contribution >= 0.6 is 0 Å². The fourth-order valence-electron chi connectivity index (χ4n) is 5.30. The summed E-state index contributed by atoms with van der Waals surface area (Å²) in [6.07, 6.45) is 5.78. The van der Waals surface area contributed by atoms with Gasteiger partial charge in [0.2, 0.25) is 5.91 Å². The van der Waals surface area contributed by atoms with Crippen molar-refractivity contribution in [3.05, 3.63) is 113 Å². The number of rotatable bonds is 19. The number of carboxylic acid groups (broad SMARTS) is 1. The lowest BCUT2D eigenvalue weighted by molar-refractivity contribution is -0.139. The average Bonchev–Trinajstić information content (AvgIpc) is 3.13. The van der Waals surface area contributed by atoms with Crippen LogP contribution in [0.15, 0.2) is 91.0 Å². The highest BCUT2D eigenvalue weighted by Crippen LogP contribution is 2.31. The highest BCUT2D eigenvalue weighted by atomic mass is 16.5. The number of esters is 1. The smallest absolute Gasteiger partial charge is 0.343 e. The van der Waals surface area contributed by atoms with Crippen molar-refractivity contribution in [2.24, 2.45) is 0 Å². The van der Waals surface area contributed by atoms with Crippen LogP contribution in [-0.2, 0) is 22.4 Å². The Kier molecular flexibility index (Phi) is 14.4. The largest absolute Gasteiger partial charge is 0.494 e. The molecule has 11 heteroatoms. The Hall–Kier alpha value is -5.84. The van der Waals surface area contributed by atoms with E-state index in [2.05, 4.69) is 17.6 Å². The molecule has 11 nitrogen and oxygen atoms in total. The summed E-state index contributed by atoms with van der Waals surface area (Å²) in [6.45, 7) is 2.81. The van der Waals surface area contributed by atoms with Gasteiger partial charge in [-0.05, 0) is 78.7 Å². The molecule has 1 unspecified atom stereocenters. The van der Waals surface area contributed by atoms with Crippen molar-refractivity contribution in [2.45, 2.75) is 57.9 Å². The molecule has 0 bridgehead atoms. The third-order valence-corrected chi connectivity index (χ3v) is 8.05. The zero-order chi connectivity index (χ0) is 36.6. The molecule has 0 saturated carbocycles. The van der Waals surface area contributed by atoms with Crippen molar-refractivity contribution in [2.75, 3.05) is 26.1 Å². The van der Waals surface area contributed by atoms with E-state index in [1.165, 1.54) is 45.6 Å². The fraction of sp³-hybridized carbons (Fsp3) is 0.300. The lowest BCUT2D eigenvalue weighted by atomic mass is 10.0. The lowest BCUT2D eigenvalue weighted by Gasteiger charge is -2.15. The maximum atomic E-state index is 12.9. The third kappa shape index (κ3) is 11.6. The van der Waals surface area contributed by atoms with Gasteiger partial charge in [-0.3, -0.25) is 9.59 Å². The first-order valence-corrected chi connectivity index (χ1v) is 16.9. The van der Waals surface area contributed by atoms with E-state index in [1.54, 1.807) is 78.9 Å². The van der Waals surface area contributed by atoms with Crippen LogP contribution in [0.1, 0.15) is 70.9 Å². The number of benzene rings is 4. The highest BCUT2D eigenvalue weighted by Gasteiger charge is 2.22. The van der Waals surface area contributed by atoms with E-state index in [0.29, 0.717) is 52.0 Å². The van der Waals surface area contributed by atoms with Gasteiger partial charge in [-0.25, -0.2) is 9.59 Å². The van der Waals surface area contributed by atoms with Gasteiger partial charge >= 0.3 is 11.9 Å². The number of para-hydroxylation sites is 1. The number of methoxy groups -OCH3 is 2. The molecule has 0 spiro atoms. The SMILES string of the molecule is CCCCCCCOc1ccc(C(=O)Oc2ccc(CC(NC(=O)c3ccc(NC(=O)Cc4cccc(OC)c4OC)cc3)C(=O)O)cc2)cc1. The Morgan fingerprint density at radius 2 is 1.41 bits per heavy atom. The molecule has 51 heavy (non-hydrogen) atoms. The van der Waals surface area contributed by atoms with Crippen LogP contribution in [0.2, 0.25) is 0 Å². The molecule has 2 amide bonds. The minimum Gasteiger partial charge on any atom is -0.494 e. The van der Waals surface area contributed by atoms with Crippen LogP contribution in [0.25, 0.3) is 0 Å². The Morgan fingerprint density at radius 1 is 0.745 bits per heavy atom. The average molecular weight is 697 g/mol. The van der Waals surface area contributed by atoms with E-state index >= 15 is 0 Å². The van der Waals surface area contributed by atoms with Gasteiger partial charge in [0.05, 0.1) is 32.8 Å². The number of ether oxygens (including phenoxy) is 4. The van der Waals surface area contributed by atoms with Crippen molar-refractivity contribution >= 4 is 29.4 Å². The molecule has 0 radical (unpaired) electrons. The second kappa shape index (κ2) is 19.4. The van der Waals surface area contributed by atoms with Crippen LogP contribution in [0.3, 0.4) is 0 Å². The number of amides is 2. The summed E-state index contributed by atoms with van der Waals surface area (Å²) in [7, 11) is 3.02. The summed E-state index contributed by atoms with van der Waals surface area (Å²) in [5.74, 6) is -0.656. The van der Waals surface area contributed by atoms with Gasteiger partial charge in [0.15, 0.2) is 11.5 Å². The number of anilines is 1. The maximum absolute atomic E-state index is 12.9. The van der Waals surface area contributed by atoms with Gasteiger partial charge in [0.25, 0.3) is 5.91 Å². The van der Waals surface area contributed by atoms with Gasteiger partial charge in [-0.1, -0.05) is 56.9 Å². The highest BCUT2D eigenvalue weighted by molar-refractivity contribution is 5.98. The van der Waals surface area contributed by atoms with Gasteiger partial charge in [-0.15, -0.1) is 0 Å². The number of hydrogen-bond donors (Lipinski definition) is 3. The Morgan fingerprint density at radius 3 is 2.06 bits per heavy atom. The predicted molar refractivity (Wildman–Crippen MR) is 193 cm³/mol. The standard InChI is InChI=1S/C40H44N2O9/c1-4-5-6-7-8-24-50-32-22-16-29(17-23-32)40(47)51-33-20-12-27(13-21-33)25-34(39(45)46)42-38(44)28-14-18-31(19-15-28)41-36(43)26-30-10-9-11-35(48-2)37(30)49-3/h9-23,34H,4-8,24-26H2,1-3H3,(H,41,43)(H,42,44)(H,45,46). The fourth-order valence-corrected chi connectivity index (χ4v) is 5.30. The van der Waals surface area contributed by atoms with Crippen LogP contribution in [0.5, 0.6) is 23.0 Å². The number of carbonyl (C=O) groups excluding carboxylic acids is 3. The first kappa shape index (κ1) is 38.0. The number of aliphatic carboxylic acids is 1. The van der Waals surface area contributed by atoms with Crippen molar-refractivity contribution in [1.29, 1.82) is 0 Å². The summed E-state index contributed by atoms with van der Waals surface area (Å²) >= 11 is 0. The van der Waals surface area contributed by atoms with E-state index in [-0.39, 0.29) is 24.3 Å². The summed E-state index contributed by atoms with van der Waals surface area (Å²) in [5.41, 5.74) is 2.31. The molecule has 0 aliphatic heterocycles. The minimum absolute atomic E-state index is 0.00274. The van der Waals surface area contributed by atoms with E-state index in [9.17, 15) is 24.3 Å². The van der Waals surface area contributed by atoms with Gasteiger partial charge in [0, 0.05) is 23.2 Å². The number of carboxylic acids is 1.